The van der Waals surface area contributed by atoms with Crippen molar-refractivity contribution in [2.24, 2.45) is 5.73 Å². The van der Waals surface area contributed by atoms with Gasteiger partial charge in [0.2, 0.25) is 5.91 Å². The molecule has 5 nitrogen and oxygen atoms in total. The Labute approximate surface area is 128 Å². The second-order valence-electron chi connectivity index (χ2n) is 6.24. The maximum absolute atomic E-state index is 12.3. The summed E-state index contributed by atoms with van der Waals surface area (Å²) >= 11 is 0. The van der Waals surface area contributed by atoms with Crippen LogP contribution < -0.4 is 5.73 Å². The summed E-state index contributed by atoms with van der Waals surface area (Å²) < 4.78 is 5.70. The number of nitrogens with two attached hydrogens (primary N) is 1. The van der Waals surface area contributed by atoms with Gasteiger partial charge in [-0.05, 0) is 32.1 Å². The van der Waals surface area contributed by atoms with E-state index in [2.05, 4.69) is 11.8 Å². The summed E-state index contributed by atoms with van der Waals surface area (Å²) in [6.07, 6.45) is 6.46. The molecule has 2 N–H and O–H groups in total. The summed E-state index contributed by atoms with van der Waals surface area (Å²) in [6.45, 7) is 7.38. The molecule has 2 unspecified atom stereocenters. The Hall–Kier alpha value is -0.650. The van der Waals surface area contributed by atoms with Crippen molar-refractivity contribution in [2.75, 3.05) is 39.3 Å². The Morgan fingerprint density at radius 2 is 2.05 bits per heavy atom. The van der Waals surface area contributed by atoms with Crippen molar-refractivity contribution in [1.29, 1.82) is 0 Å². The van der Waals surface area contributed by atoms with Gasteiger partial charge >= 0.3 is 0 Å². The Morgan fingerprint density at radius 1 is 1.29 bits per heavy atom. The van der Waals surface area contributed by atoms with Gasteiger partial charge in [-0.1, -0.05) is 6.92 Å². The lowest BCUT2D eigenvalue weighted by molar-refractivity contribution is -0.134. The lowest BCUT2D eigenvalue weighted by Gasteiger charge is -2.39. The Balaban J connectivity index is 1.67. The third-order valence-corrected chi connectivity index (χ3v) is 4.88. The van der Waals surface area contributed by atoms with E-state index in [9.17, 15) is 4.79 Å². The first-order valence-electron chi connectivity index (χ1n) is 8.58. The molecule has 2 atom stereocenters. The van der Waals surface area contributed by atoms with Crippen molar-refractivity contribution in [3.63, 3.8) is 0 Å². The first kappa shape index (κ1) is 16.7. The largest absolute Gasteiger partial charge is 0.378 e. The van der Waals surface area contributed by atoms with E-state index < -0.39 is 0 Å². The molecule has 0 bridgehead atoms. The summed E-state index contributed by atoms with van der Waals surface area (Å²) in [4.78, 5) is 16.7. The molecular formula is C16H31N3O2. The minimum atomic E-state index is 0.296. The van der Waals surface area contributed by atoms with Gasteiger partial charge in [-0.25, -0.2) is 0 Å². The molecule has 0 spiro atoms. The Morgan fingerprint density at radius 3 is 2.62 bits per heavy atom. The van der Waals surface area contributed by atoms with Gasteiger partial charge in [0.05, 0.1) is 6.10 Å². The van der Waals surface area contributed by atoms with Gasteiger partial charge in [0.1, 0.15) is 0 Å². The second-order valence-corrected chi connectivity index (χ2v) is 6.24. The molecule has 2 aliphatic heterocycles. The zero-order valence-corrected chi connectivity index (χ0v) is 13.4. The summed E-state index contributed by atoms with van der Waals surface area (Å²) in [5.41, 5.74) is 5.80. The van der Waals surface area contributed by atoms with Crippen LogP contribution in [0, 0.1) is 0 Å². The molecule has 2 aliphatic rings. The zero-order valence-electron chi connectivity index (χ0n) is 13.4. The standard InChI is InChI=1S/C16H31N3O2/c1-2-14(13-17)18-8-10-19(11-9-18)16(20)7-6-15-5-3-4-12-21-15/h14-15H,2-13,17H2,1H3. The highest BCUT2D eigenvalue weighted by molar-refractivity contribution is 5.76. The van der Waals surface area contributed by atoms with Gasteiger partial charge in [0.25, 0.3) is 0 Å². The van der Waals surface area contributed by atoms with Gasteiger partial charge in [-0.2, -0.15) is 0 Å². The van der Waals surface area contributed by atoms with Gasteiger partial charge in [-0.15, -0.1) is 0 Å². The smallest absolute Gasteiger partial charge is 0.222 e. The first-order chi connectivity index (χ1) is 10.2. The molecule has 2 fully saturated rings. The summed E-state index contributed by atoms with van der Waals surface area (Å²) in [6, 6.07) is 0.470. The van der Waals surface area contributed by atoms with Crippen LogP contribution in [0.4, 0.5) is 0 Å². The first-order valence-corrected chi connectivity index (χ1v) is 8.58. The average Bonchev–Trinajstić information content (AvgIpc) is 2.55. The van der Waals surface area contributed by atoms with E-state index in [1.54, 1.807) is 0 Å². The minimum Gasteiger partial charge on any atom is -0.378 e. The van der Waals surface area contributed by atoms with E-state index >= 15 is 0 Å². The van der Waals surface area contributed by atoms with Crippen LogP contribution in [-0.2, 0) is 9.53 Å². The predicted molar refractivity (Wildman–Crippen MR) is 84.1 cm³/mol. The molecule has 122 valence electrons. The molecule has 0 radical (unpaired) electrons. The third kappa shape index (κ3) is 4.94. The number of carbonyl (C=O) groups excluding carboxylic acids is 1. The van der Waals surface area contributed by atoms with Gasteiger partial charge in [-0.3, -0.25) is 9.69 Å². The Bertz CT molecular complexity index is 307. The van der Waals surface area contributed by atoms with Crippen LogP contribution in [-0.4, -0.2) is 67.2 Å². The van der Waals surface area contributed by atoms with Crippen LogP contribution in [0.1, 0.15) is 45.4 Å². The van der Waals surface area contributed by atoms with Crippen LogP contribution in [0.15, 0.2) is 0 Å². The van der Waals surface area contributed by atoms with Crippen molar-refractivity contribution < 1.29 is 9.53 Å². The van der Waals surface area contributed by atoms with Crippen LogP contribution in [0.5, 0.6) is 0 Å². The minimum absolute atomic E-state index is 0.296. The van der Waals surface area contributed by atoms with Gasteiger partial charge in [0.15, 0.2) is 0 Å². The SMILES string of the molecule is CCC(CN)N1CCN(C(=O)CCC2CCCCO2)CC1. The lowest BCUT2D eigenvalue weighted by Crippen LogP contribution is -2.53. The van der Waals surface area contributed by atoms with E-state index in [-0.39, 0.29) is 0 Å². The topological polar surface area (TPSA) is 58.8 Å². The molecule has 0 aromatic rings. The van der Waals surface area contributed by atoms with E-state index in [1.165, 1.54) is 12.8 Å². The van der Waals surface area contributed by atoms with Crippen molar-refractivity contribution in [3.8, 4) is 0 Å². The van der Waals surface area contributed by atoms with Crippen LogP contribution in [0.25, 0.3) is 0 Å². The molecule has 2 saturated heterocycles. The molecule has 21 heavy (non-hydrogen) atoms. The van der Waals surface area contributed by atoms with E-state index in [4.69, 9.17) is 10.5 Å². The van der Waals surface area contributed by atoms with Crippen LogP contribution >= 0.6 is 0 Å². The van der Waals surface area contributed by atoms with Crippen molar-refractivity contribution in [2.45, 2.75) is 57.6 Å². The van der Waals surface area contributed by atoms with E-state index in [0.29, 0.717) is 31.0 Å². The molecule has 0 aromatic heterocycles. The fourth-order valence-electron chi connectivity index (χ4n) is 3.39. The number of carbonyl (C=O) groups is 1. The van der Waals surface area contributed by atoms with Crippen molar-refractivity contribution >= 4 is 5.91 Å². The summed E-state index contributed by atoms with van der Waals surface area (Å²) in [7, 11) is 0. The maximum atomic E-state index is 12.3. The summed E-state index contributed by atoms with van der Waals surface area (Å²) in [5, 5.41) is 0. The predicted octanol–water partition coefficient (Wildman–Crippen LogP) is 1.22. The van der Waals surface area contributed by atoms with Crippen LogP contribution in [0.2, 0.25) is 0 Å². The van der Waals surface area contributed by atoms with Gasteiger partial charge in [0, 0.05) is 51.8 Å². The van der Waals surface area contributed by atoms with Crippen LogP contribution in [0.3, 0.4) is 0 Å². The zero-order chi connectivity index (χ0) is 15.1. The number of ether oxygens (including phenoxy) is 1. The van der Waals surface area contributed by atoms with E-state index in [0.717, 1.165) is 52.0 Å². The van der Waals surface area contributed by atoms with Crippen molar-refractivity contribution in [3.05, 3.63) is 0 Å². The third-order valence-electron chi connectivity index (χ3n) is 4.88. The quantitative estimate of drug-likeness (QED) is 0.801. The summed E-state index contributed by atoms with van der Waals surface area (Å²) in [5.74, 6) is 0.296. The average molecular weight is 297 g/mol. The number of piperazine rings is 1. The molecule has 5 heteroatoms. The fourth-order valence-corrected chi connectivity index (χ4v) is 3.39. The molecular weight excluding hydrogens is 266 g/mol. The number of hydrogen-bond acceptors (Lipinski definition) is 4. The number of rotatable bonds is 6. The maximum Gasteiger partial charge on any atom is 0.222 e. The fraction of sp³-hybridized carbons (Fsp3) is 0.938. The number of amides is 1. The highest BCUT2D eigenvalue weighted by Gasteiger charge is 2.25. The monoisotopic (exact) mass is 297 g/mol. The number of nitrogens with zero attached hydrogens (tertiary/aromatic N) is 2. The van der Waals surface area contributed by atoms with E-state index in [1.807, 2.05) is 4.90 Å². The molecule has 0 aromatic carbocycles. The number of hydrogen-bond donors (Lipinski definition) is 1. The second kappa shape index (κ2) is 8.71. The normalized spacial score (nSPS) is 25.8. The molecule has 1 amide bonds. The highest BCUT2D eigenvalue weighted by atomic mass is 16.5. The lowest BCUT2D eigenvalue weighted by atomic mass is 10.0. The molecule has 0 aliphatic carbocycles. The highest BCUT2D eigenvalue weighted by Crippen LogP contribution is 2.18. The van der Waals surface area contributed by atoms with Gasteiger partial charge < -0.3 is 15.4 Å². The van der Waals surface area contributed by atoms with Crippen molar-refractivity contribution in [1.82, 2.24) is 9.80 Å². The molecule has 2 heterocycles. The molecule has 0 saturated carbocycles. The Kier molecular flexibility index (Phi) is 6.93. The molecule has 2 rings (SSSR count).